The van der Waals surface area contributed by atoms with Crippen molar-refractivity contribution < 1.29 is 13.2 Å². The van der Waals surface area contributed by atoms with Crippen molar-refractivity contribution in [1.82, 2.24) is 15.1 Å². The minimum atomic E-state index is -3.03. The van der Waals surface area contributed by atoms with Gasteiger partial charge >= 0.3 is 0 Å². The van der Waals surface area contributed by atoms with Crippen LogP contribution in [0.5, 0.6) is 0 Å². The van der Waals surface area contributed by atoms with Gasteiger partial charge in [-0.25, -0.2) is 8.42 Å². The van der Waals surface area contributed by atoms with Crippen LogP contribution in [-0.2, 0) is 9.84 Å². The Morgan fingerprint density at radius 1 is 1.13 bits per heavy atom. The Hall–Kier alpha value is -2.28. The van der Waals surface area contributed by atoms with Gasteiger partial charge in [-0.05, 0) is 18.6 Å². The number of rotatable bonds is 3. The van der Waals surface area contributed by atoms with Crippen molar-refractivity contribution in [2.24, 2.45) is 0 Å². The van der Waals surface area contributed by atoms with Gasteiger partial charge in [0.2, 0.25) is 0 Å². The maximum Gasteiger partial charge on any atom is 0.274 e. The highest BCUT2D eigenvalue weighted by molar-refractivity contribution is 7.91. The fourth-order valence-corrected chi connectivity index (χ4v) is 4.41. The van der Waals surface area contributed by atoms with Crippen LogP contribution in [0, 0.1) is 0 Å². The Kier molecular flexibility index (Phi) is 4.12. The molecule has 1 amide bonds. The van der Waals surface area contributed by atoms with Crippen molar-refractivity contribution in [2.75, 3.05) is 18.6 Å². The van der Waals surface area contributed by atoms with Crippen molar-refractivity contribution >= 4 is 15.7 Å². The highest BCUT2D eigenvalue weighted by Gasteiger charge is 2.33. The van der Waals surface area contributed by atoms with Crippen LogP contribution in [-0.4, -0.2) is 54.0 Å². The second-order valence-corrected chi connectivity index (χ2v) is 7.87. The summed E-state index contributed by atoms with van der Waals surface area (Å²) in [5, 5.41) is 8.09. The molecule has 0 saturated carbocycles. The van der Waals surface area contributed by atoms with E-state index in [1.807, 2.05) is 30.3 Å². The molecule has 0 bridgehead atoms. The number of carbonyl (C=O) groups excluding carboxylic acids is 1. The van der Waals surface area contributed by atoms with E-state index >= 15 is 0 Å². The molecule has 0 spiro atoms. The van der Waals surface area contributed by atoms with Crippen LogP contribution in [0.2, 0.25) is 0 Å². The molecule has 1 aliphatic rings. The summed E-state index contributed by atoms with van der Waals surface area (Å²) in [5.74, 6) is -0.155. The molecule has 1 saturated heterocycles. The maximum absolute atomic E-state index is 12.4. The standard InChI is InChI=1S/C16H17N3O3S/c1-19(13-9-10-23(21,22)11-13)16(20)15-8-7-14(17-18-15)12-5-3-2-4-6-12/h2-8,13H,9-11H2,1H3. The van der Waals surface area contributed by atoms with E-state index in [-0.39, 0.29) is 29.1 Å². The van der Waals surface area contributed by atoms with Gasteiger partial charge in [0.1, 0.15) is 0 Å². The Bertz CT molecular complexity index is 804. The van der Waals surface area contributed by atoms with Crippen molar-refractivity contribution in [3.05, 3.63) is 48.2 Å². The normalized spacial score (nSPS) is 19.4. The van der Waals surface area contributed by atoms with E-state index in [4.69, 9.17) is 0 Å². The summed E-state index contributed by atoms with van der Waals surface area (Å²) in [5.41, 5.74) is 1.83. The Balaban J connectivity index is 1.75. The Labute approximate surface area is 135 Å². The van der Waals surface area contributed by atoms with Gasteiger partial charge in [0.25, 0.3) is 5.91 Å². The number of benzene rings is 1. The highest BCUT2D eigenvalue weighted by atomic mass is 32.2. The fraction of sp³-hybridized carbons (Fsp3) is 0.312. The van der Waals surface area contributed by atoms with Crippen LogP contribution in [0.25, 0.3) is 11.3 Å². The van der Waals surface area contributed by atoms with Gasteiger partial charge in [0, 0.05) is 18.7 Å². The summed E-state index contributed by atoms with van der Waals surface area (Å²) >= 11 is 0. The molecular formula is C16H17N3O3S. The van der Waals surface area contributed by atoms with Crippen LogP contribution in [0.15, 0.2) is 42.5 Å². The second kappa shape index (κ2) is 6.08. The average Bonchev–Trinajstić information content (AvgIpc) is 2.94. The molecule has 6 nitrogen and oxygen atoms in total. The van der Waals surface area contributed by atoms with Crippen molar-refractivity contribution in [3.63, 3.8) is 0 Å². The van der Waals surface area contributed by atoms with Gasteiger partial charge in [-0.15, -0.1) is 10.2 Å². The minimum Gasteiger partial charge on any atom is -0.336 e. The largest absolute Gasteiger partial charge is 0.336 e. The zero-order chi connectivity index (χ0) is 16.4. The van der Waals surface area contributed by atoms with Gasteiger partial charge in [-0.3, -0.25) is 4.79 Å². The third kappa shape index (κ3) is 3.39. The number of hydrogen-bond donors (Lipinski definition) is 0. The molecule has 1 aromatic heterocycles. The monoisotopic (exact) mass is 331 g/mol. The van der Waals surface area contributed by atoms with Gasteiger partial charge in [-0.1, -0.05) is 30.3 Å². The van der Waals surface area contributed by atoms with Crippen LogP contribution >= 0.6 is 0 Å². The van der Waals surface area contributed by atoms with Crippen LogP contribution in [0.1, 0.15) is 16.9 Å². The summed E-state index contributed by atoms with van der Waals surface area (Å²) in [6, 6.07) is 12.6. The second-order valence-electron chi connectivity index (χ2n) is 5.64. The minimum absolute atomic E-state index is 0.0186. The van der Waals surface area contributed by atoms with Crippen LogP contribution in [0.4, 0.5) is 0 Å². The molecule has 0 N–H and O–H groups in total. The van der Waals surface area contributed by atoms with E-state index in [1.165, 1.54) is 4.90 Å². The third-order valence-electron chi connectivity index (χ3n) is 4.03. The molecule has 1 atom stereocenters. The molecule has 2 heterocycles. The van der Waals surface area contributed by atoms with Crippen molar-refractivity contribution in [3.8, 4) is 11.3 Å². The first kappa shape index (κ1) is 15.6. The number of nitrogens with zero attached hydrogens (tertiary/aromatic N) is 3. The zero-order valence-electron chi connectivity index (χ0n) is 12.7. The van der Waals surface area contributed by atoms with Gasteiger partial charge in [0.05, 0.1) is 17.2 Å². The molecule has 120 valence electrons. The summed E-state index contributed by atoms with van der Waals surface area (Å²) in [7, 11) is -1.42. The summed E-state index contributed by atoms with van der Waals surface area (Å²) in [6.07, 6.45) is 0.472. The predicted molar refractivity (Wildman–Crippen MR) is 86.6 cm³/mol. The summed E-state index contributed by atoms with van der Waals surface area (Å²) in [6.45, 7) is 0. The lowest BCUT2D eigenvalue weighted by Crippen LogP contribution is -2.38. The number of hydrogen-bond acceptors (Lipinski definition) is 5. The fourth-order valence-electron chi connectivity index (χ4n) is 2.64. The summed E-state index contributed by atoms with van der Waals surface area (Å²) < 4.78 is 23.1. The molecule has 7 heteroatoms. The van der Waals surface area contributed by atoms with Gasteiger partial charge in [0.15, 0.2) is 15.5 Å². The molecule has 1 fully saturated rings. The molecule has 1 aliphatic heterocycles. The number of amides is 1. The highest BCUT2D eigenvalue weighted by Crippen LogP contribution is 2.19. The predicted octanol–water partition coefficient (Wildman–Crippen LogP) is 1.40. The van der Waals surface area contributed by atoms with E-state index in [0.29, 0.717) is 12.1 Å². The first-order chi connectivity index (χ1) is 11.0. The van der Waals surface area contributed by atoms with E-state index in [1.54, 1.807) is 19.2 Å². The Morgan fingerprint density at radius 3 is 2.43 bits per heavy atom. The van der Waals surface area contributed by atoms with E-state index in [0.717, 1.165) is 5.56 Å². The molecule has 2 aromatic rings. The first-order valence-electron chi connectivity index (χ1n) is 7.33. The molecular weight excluding hydrogens is 314 g/mol. The third-order valence-corrected chi connectivity index (χ3v) is 5.78. The van der Waals surface area contributed by atoms with E-state index < -0.39 is 9.84 Å². The first-order valence-corrected chi connectivity index (χ1v) is 9.15. The van der Waals surface area contributed by atoms with Crippen LogP contribution in [0.3, 0.4) is 0 Å². The quantitative estimate of drug-likeness (QED) is 0.849. The SMILES string of the molecule is CN(C(=O)c1ccc(-c2ccccc2)nn1)C1CCS(=O)(=O)C1. The molecule has 1 unspecified atom stereocenters. The van der Waals surface area contributed by atoms with Crippen molar-refractivity contribution in [2.45, 2.75) is 12.5 Å². The van der Waals surface area contributed by atoms with E-state index in [2.05, 4.69) is 10.2 Å². The Morgan fingerprint density at radius 2 is 1.87 bits per heavy atom. The molecule has 3 rings (SSSR count). The molecule has 0 aliphatic carbocycles. The average molecular weight is 331 g/mol. The van der Waals surface area contributed by atoms with Gasteiger partial charge in [-0.2, -0.15) is 0 Å². The molecule has 0 radical (unpaired) electrons. The lowest BCUT2D eigenvalue weighted by molar-refractivity contribution is 0.0740. The topological polar surface area (TPSA) is 80.2 Å². The van der Waals surface area contributed by atoms with Crippen molar-refractivity contribution in [1.29, 1.82) is 0 Å². The number of sulfone groups is 1. The molecule has 23 heavy (non-hydrogen) atoms. The number of carbonyl (C=O) groups is 1. The summed E-state index contributed by atoms with van der Waals surface area (Å²) in [4.78, 5) is 13.9. The smallest absolute Gasteiger partial charge is 0.274 e. The van der Waals surface area contributed by atoms with Gasteiger partial charge < -0.3 is 4.90 Å². The lowest BCUT2D eigenvalue weighted by Gasteiger charge is -2.22. The van der Waals surface area contributed by atoms with E-state index in [9.17, 15) is 13.2 Å². The molecule has 1 aromatic carbocycles. The zero-order valence-corrected chi connectivity index (χ0v) is 13.5. The number of aromatic nitrogens is 2. The lowest BCUT2D eigenvalue weighted by atomic mass is 10.1. The maximum atomic E-state index is 12.4. The van der Waals surface area contributed by atoms with Crippen LogP contribution < -0.4 is 0 Å².